The van der Waals surface area contributed by atoms with E-state index in [4.69, 9.17) is 0 Å². The molecule has 1 atom stereocenters. The van der Waals surface area contributed by atoms with Gasteiger partial charge in [0.1, 0.15) is 11.6 Å². The van der Waals surface area contributed by atoms with Gasteiger partial charge in [-0.2, -0.15) is 0 Å². The number of hydrogen-bond donors (Lipinski definition) is 0. The molecule has 0 N–H and O–H groups in total. The summed E-state index contributed by atoms with van der Waals surface area (Å²) in [4.78, 5) is -0.504. The zero-order valence-corrected chi connectivity index (χ0v) is 14.6. The molecule has 0 nitrogen and oxygen atoms in total. The highest BCUT2D eigenvalue weighted by Gasteiger charge is 2.23. The second-order valence-electron chi connectivity index (χ2n) is 4.96. The van der Waals surface area contributed by atoms with Crippen molar-refractivity contribution in [1.29, 1.82) is 0 Å². The summed E-state index contributed by atoms with van der Waals surface area (Å²) in [6, 6.07) is 6.60. The summed E-state index contributed by atoms with van der Waals surface area (Å²) in [6.45, 7) is 5.92. The number of aryl methyl sites for hydroxylation is 3. The second kappa shape index (κ2) is 5.94. The number of benzene rings is 2. The van der Waals surface area contributed by atoms with Gasteiger partial charge in [-0.15, -0.1) is 0 Å². The van der Waals surface area contributed by atoms with E-state index in [0.29, 0.717) is 4.47 Å². The number of halogens is 4. The van der Waals surface area contributed by atoms with Gasteiger partial charge in [-0.3, -0.25) is 0 Å². The zero-order chi connectivity index (χ0) is 15.0. The van der Waals surface area contributed by atoms with Crippen LogP contribution >= 0.6 is 31.9 Å². The Morgan fingerprint density at radius 3 is 1.75 bits per heavy atom. The molecule has 0 radical (unpaired) electrons. The third-order valence-corrected chi connectivity index (χ3v) is 4.66. The van der Waals surface area contributed by atoms with Crippen LogP contribution in [0.4, 0.5) is 8.78 Å². The van der Waals surface area contributed by atoms with Crippen molar-refractivity contribution in [2.24, 2.45) is 0 Å². The minimum Gasteiger partial charge on any atom is -0.206 e. The first kappa shape index (κ1) is 15.6. The van der Waals surface area contributed by atoms with Crippen LogP contribution in [0.15, 0.2) is 28.7 Å². The van der Waals surface area contributed by atoms with Crippen molar-refractivity contribution in [3.63, 3.8) is 0 Å². The van der Waals surface area contributed by atoms with Gasteiger partial charge in [0.05, 0.1) is 4.83 Å². The molecule has 20 heavy (non-hydrogen) atoms. The minimum atomic E-state index is -0.557. The van der Waals surface area contributed by atoms with Crippen molar-refractivity contribution in [1.82, 2.24) is 0 Å². The van der Waals surface area contributed by atoms with E-state index in [1.54, 1.807) is 0 Å². The zero-order valence-electron chi connectivity index (χ0n) is 11.4. The largest absolute Gasteiger partial charge is 0.206 e. The Hall–Kier alpha value is -0.740. The van der Waals surface area contributed by atoms with Gasteiger partial charge in [0, 0.05) is 10.0 Å². The van der Waals surface area contributed by atoms with Crippen molar-refractivity contribution >= 4 is 31.9 Å². The van der Waals surface area contributed by atoms with Crippen LogP contribution in [-0.2, 0) is 0 Å². The topological polar surface area (TPSA) is 0 Å². The Morgan fingerprint density at radius 1 is 0.850 bits per heavy atom. The van der Waals surface area contributed by atoms with Crippen molar-refractivity contribution in [2.45, 2.75) is 25.6 Å². The van der Waals surface area contributed by atoms with E-state index in [1.807, 2.05) is 32.9 Å². The van der Waals surface area contributed by atoms with Crippen molar-refractivity contribution in [2.75, 3.05) is 0 Å². The lowest BCUT2D eigenvalue weighted by Crippen LogP contribution is -2.05. The van der Waals surface area contributed by atoms with Crippen LogP contribution in [0.1, 0.15) is 32.6 Å². The van der Waals surface area contributed by atoms with Crippen LogP contribution < -0.4 is 0 Å². The molecule has 0 heterocycles. The van der Waals surface area contributed by atoms with Gasteiger partial charge in [-0.1, -0.05) is 49.6 Å². The summed E-state index contributed by atoms with van der Waals surface area (Å²) in [7, 11) is 0. The molecule has 106 valence electrons. The number of rotatable bonds is 2. The Bertz CT molecular complexity index is 562. The molecular weight excluding hydrogens is 390 g/mol. The Balaban J connectivity index is 2.61. The third-order valence-electron chi connectivity index (χ3n) is 3.29. The van der Waals surface area contributed by atoms with Gasteiger partial charge in [-0.25, -0.2) is 8.78 Å². The molecule has 2 rings (SSSR count). The highest BCUT2D eigenvalue weighted by molar-refractivity contribution is 9.10. The van der Waals surface area contributed by atoms with Crippen LogP contribution in [0.5, 0.6) is 0 Å². The monoisotopic (exact) mass is 402 g/mol. The molecule has 0 aliphatic heterocycles. The average Bonchev–Trinajstić information content (AvgIpc) is 2.25. The lowest BCUT2D eigenvalue weighted by atomic mass is 9.94. The summed E-state index contributed by atoms with van der Waals surface area (Å²) in [5.74, 6) is -1.11. The van der Waals surface area contributed by atoms with Crippen molar-refractivity contribution in [3.05, 3.63) is 68.2 Å². The van der Waals surface area contributed by atoms with Crippen molar-refractivity contribution in [3.8, 4) is 0 Å². The average molecular weight is 404 g/mol. The summed E-state index contributed by atoms with van der Waals surface area (Å²) in [6.07, 6.45) is 0. The number of alkyl halides is 1. The van der Waals surface area contributed by atoms with Gasteiger partial charge in [0.15, 0.2) is 0 Å². The lowest BCUT2D eigenvalue weighted by Gasteiger charge is -2.19. The van der Waals surface area contributed by atoms with E-state index in [1.165, 1.54) is 12.1 Å². The van der Waals surface area contributed by atoms with Gasteiger partial charge in [0.2, 0.25) is 0 Å². The maximum absolute atomic E-state index is 14.1. The maximum Gasteiger partial charge on any atom is 0.131 e. The van der Waals surface area contributed by atoms with Crippen LogP contribution in [0.2, 0.25) is 0 Å². The summed E-state index contributed by atoms with van der Waals surface area (Å²) in [5.41, 5.74) is 4.14. The molecule has 0 aliphatic rings. The fourth-order valence-corrected chi connectivity index (χ4v) is 4.09. The molecule has 0 fully saturated rings. The molecule has 1 unspecified atom stereocenters. The molecule has 0 saturated carbocycles. The molecule has 0 aromatic heterocycles. The summed E-state index contributed by atoms with van der Waals surface area (Å²) in [5, 5.41) is 0. The fraction of sp³-hybridized carbons (Fsp3) is 0.250. The fourth-order valence-electron chi connectivity index (χ4n) is 2.53. The van der Waals surface area contributed by atoms with E-state index < -0.39 is 16.5 Å². The van der Waals surface area contributed by atoms with E-state index >= 15 is 0 Å². The Kier molecular flexibility index (Phi) is 4.65. The van der Waals surface area contributed by atoms with Gasteiger partial charge >= 0.3 is 0 Å². The van der Waals surface area contributed by atoms with Crippen molar-refractivity contribution < 1.29 is 8.78 Å². The van der Waals surface area contributed by atoms with Crippen LogP contribution in [0, 0.1) is 32.4 Å². The SMILES string of the molecule is Cc1cc(C)c(C(Br)c2c(F)cc(Br)cc2F)c(C)c1. The predicted octanol–water partition coefficient (Wildman–Crippen LogP) is 6.14. The van der Waals surface area contributed by atoms with Crippen LogP contribution in [0.3, 0.4) is 0 Å². The minimum absolute atomic E-state index is 0.0447. The van der Waals surface area contributed by atoms with E-state index in [9.17, 15) is 8.78 Å². The second-order valence-corrected chi connectivity index (χ2v) is 6.79. The standard InChI is InChI=1S/C16H14Br2F2/c1-8-4-9(2)14(10(3)5-8)16(18)15-12(19)6-11(17)7-13(15)20/h4-7,16H,1-3H3. The van der Waals surface area contributed by atoms with Crippen LogP contribution in [-0.4, -0.2) is 0 Å². The quantitative estimate of drug-likeness (QED) is 0.528. The first-order valence-corrected chi connectivity index (χ1v) is 7.88. The van der Waals surface area contributed by atoms with Gasteiger partial charge < -0.3 is 0 Å². The molecule has 0 saturated heterocycles. The molecule has 0 bridgehead atoms. The first-order valence-electron chi connectivity index (χ1n) is 6.17. The number of hydrogen-bond acceptors (Lipinski definition) is 0. The van der Waals surface area contributed by atoms with E-state index in [-0.39, 0.29) is 5.56 Å². The molecule has 0 aliphatic carbocycles. The summed E-state index contributed by atoms with van der Waals surface area (Å²) < 4.78 is 28.6. The van der Waals surface area contributed by atoms with E-state index in [2.05, 4.69) is 31.9 Å². The molecular formula is C16H14Br2F2. The van der Waals surface area contributed by atoms with E-state index in [0.717, 1.165) is 22.3 Å². The van der Waals surface area contributed by atoms with Gasteiger partial charge in [0.25, 0.3) is 0 Å². The summed E-state index contributed by atoms with van der Waals surface area (Å²) >= 11 is 6.55. The Morgan fingerprint density at radius 2 is 1.30 bits per heavy atom. The molecule has 0 spiro atoms. The molecule has 0 amide bonds. The highest BCUT2D eigenvalue weighted by atomic mass is 79.9. The molecule has 4 heteroatoms. The maximum atomic E-state index is 14.1. The predicted molar refractivity (Wildman–Crippen MR) is 85.5 cm³/mol. The molecule has 2 aromatic carbocycles. The Labute approximate surface area is 134 Å². The molecule has 2 aromatic rings. The third kappa shape index (κ3) is 2.96. The smallest absolute Gasteiger partial charge is 0.131 e. The highest BCUT2D eigenvalue weighted by Crippen LogP contribution is 2.38. The first-order chi connectivity index (χ1) is 9.31. The lowest BCUT2D eigenvalue weighted by molar-refractivity contribution is 0.559. The van der Waals surface area contributed by atoms with Gasteiger partial charge in [-0.05, 0) is 49.6 Å². The normalized spacial score (nSPS) is 12.6. The van der Waals surface area contributed by atoms with Crippen LogP contribution in [0.25, 0.3) is 0 Å².